The fourth-order valence-electron chi connectivity index (χ4n) is 2.35. The highest BCUT2D eigenvalue weighted by molar-refractivity contribution is 4.77. The van der Waals surface area contributed by atoms with Gasteiger partial charge in [0.15, 0.2) is 0 Å². The molecule has 2 nitrogen and oxygen atoms in total. The molecule has 1 saturated carbocycles. The molecule has 0 spiro atoms. The van der Waals surface area contributed by atoms with Crippen molar-refractivity contribution >= 4 is 0 Å². The van der Waals surface area contributed by atoms with Crippen LogP contribution in [-0.4, -0.2) is 25.4 Å². The summed E-state index contributed by atoms with van der Waals surface area (Å²) >= 11 is 0. The van der Waals surface area contributed by atoms with E-state index < -0.39 is 0 Å². The molecular weight excluding hydrogens is 176 g/mol. The Hall–Kier alpha value is -0.0800. The molecule has 0 aromatic carbocycles. The summed E-state index contributed by atoms with van der Waals surface area (Å²) in [4.78, 5) is 0. The van der Waals surface area contributed by atoms with Crippen LogP contribution >= 0.6 is 0 Å². The molecule has 2 fully saturated rings. The molecule has 82 valence electrons. The molecule has 0 aromatic heterocycles. The Morgan fingerprint density at radius 2 is 2.14 bits per heavy atom. The van der Waals surface area contributed by atoms with E-state index >= 15 is 0 Å². The summed E-state index contributed by atoms with van der Waals surface area (Å²) in [5, 5.41) is 0. The summed E-state index contributed by atoms with van der Waals surface area (Å²) in [6.07, 6.45) is 6.21. The number of hydrogen-bond donors (Lipinski definition) is 0. The lowest BCUT2D eigenvalue weighted by Crippen LogP contribution is -2.26. The maximum atomic E-state index is 5.86. The Labute approximate surface area is 87.0 Å². The first kappa shape index (κ1) is 10.4. The van der Waals surface area contributed by atoms with Crippen molar-refractivity contribution in [1.29, 1.82) is 0 Å². The second-order valence-corrected chi connectivity index (χ2v) is 5.08. The normalized spacial score (nSPS) is 37.5. The fraction of sp³-hybridized carbons (Fsp3) is 1.00. The van der Waals surface area contributed by atoms with Gasteiger partial charge in [0.05, 0.1) is 19.3 Å². The van der Waals surface area contributed by atoms with Gasteiger partial charge in [0.2, 0.25) is 0 Å². The van der Waals surface area contributed by atoms with E-state index in [1.807, 2.05) is 0 Å². The Balaban J connectivity index is 1.69. The fourth-order valence-corrected chi connectivity index (χ4v) is 2.35. The van der Waals surface area contributed by atoms with Crippen LogP contribution in [0.2, 0.25) is 0 Å². The van der Waals surface area contributed by atoms with E-state index in [0.29, 0.717) is 12.2 Å². The van der Waals surface area contributed by atoms with Crippen LogP contribution in [0, 0.1) is 11.8 Å². The van der Waals surface area contributed by atoms with Gasteiger partial charge in [-0.3, -0.25) is 0 Å². The van der Waals surface area contributed by atoms with Gasteiger partial charge in [-0.25, -0.2) is 0 Å². The van der Waals surface area contributed by atoms with Crippen molar-refractivity contribution in [2.24, 2.45) is 11.8 Å². The van der Waals surface area contributed by atoms with Crippen LogP contribution in [0.4, 0.5) is 0 Å². The van der Waals surface area contributed by atoms with Gasteiger partial charge in [-0.15, -0.1) is 0 Å². The Bertz CT molecular complexity index is 175. The average Bonchev–Trinajstić information content (AvgIpc) is 2.99. The predicted molar refractivity (Wildman–Crippen MR) is 56.3 cm³/mol. The molecular formula is C12H22O2. The monoisotopic (exact) mass is 198 g/mol. The van der Waals surface area contributed by atoms with E-state index in [4.69, 9.17) is 9.47 Å². The predicted octanol–water partition coefficient (Wildman–Crippen LogP) is 2.62. The topological polar surface area (TPSA) is 21.8 Å². The van der Waals surface area contributed by atoms with Gasteiger partial charge in [0, 0.05) is 0 Å². The lowest BCUT2D eigenvalue weighted by atomic mass is 9.80. The zero-order valence-electron chi connectivity index (χ0n) is 9.37. The quantitative estimate of drug-likeness (QED) is 0.648. The standard InChI is InChI=1S/C12H22O2/c1-9(2)10-4-3-5-11(6-10)13-7-12-8-14-12/h9-12H,3-8H2,1-2H3. The molecule has 14 heavy (non-hydrogen) atoms. The SMILES string of the molecule is CC(C)C1CCCC(OCC2CO2)C1. The van der Waals surface area contributed by atoms with Gasteiger partial charge in [0.25, 0.3) is 0 Å². The van der Waals surface area contributed by atoms with Crippen molar-refractivity contribution in [1.82, 2.24) is 0 Å². The molecule has 1 saturated heterocycles. The van der Waals surface area contributed by atoms with Crippen LogP contribution in [-0.2, 0) is 9.47 Å². The molecule has 0 bridgehead atoms. The zero-order valence-corrected chi connectivity index (χ0v) is 9.37. The van der Waals surface area contributed by atoms with E-state index in [-0.39, 0.29) is 0 Å². The zero-order chi connectivity index (χ0) is 9.97. The third-order valence-corrected chi connectivity index (χ3v) is 3.53. The number of ether oxygens (including phenoxy) is 2. The van der Waals surface area contributed by atoms with Gasteiger partial charge < -0.3 is 9.47 Å². The van der Waals surface area contributed by atoms with Gasteiger partial charge in [-0.2, -0.15) is 0 Å². The summed E-state index contributed by atoms with van der Waals surface area (Å²) in [7, 11) is 0. The summed E-state index contributed by atoms with van der Waals surface area (Å²) in [6.45, 7) is 6.41. The van der Waals surface area contributed by atoms with E-state index in [1.165, 1.54) is 25.7 Å². The maximum Gasteiger partial charge on any atom is 0.104 e. The molecule has 2 aliphatic rings. The van der Waals surface area contributed by atoms with Crippen LogP contribution < -0.4 is 0 Å². The van der Waals surface area contributed by atoms with Crippen molar-refractivity contribution in [3.63, 3.8) is 0 Å². The third-order valence-electron chi connectivity index (χ3n) is 3.53. The van der Waals surface area contributed by atoms with Crippen molar-refractivity contribution in [2.75, 3.05) is 13.2 Å². The minimum Gasteiger partial charge on any atom is -0.375 e. The minimum atomic E-state index is 0.425. The van der Waals surface area contributed by atoms with Gasteiger partial charge in [-0.1, -0.05) is 26.7 Å². The molecule has 3 atom stereocenters. The van der Waals surface area contributed by atoms with Crippen molar-refractivity contribution < 1.29 is 9.47 Å². The van der Waals surface area contributed by atoms with Gasteiger partial charge in [-0.05, 0) is 24.7 Å². The molecule has 1 aliphatic heterocycles. The molecule has 2 rings (SSSR count). The second kappa shape index (κ2) is 4.63. The molecule has 0 N–H and O–H groups in total. The molecule has 3 unspecified atom stereocenters. The molecule has 2 heteroatoms. The largest absolute Gasteiger partial charge is 0.375 e. The Morgan fingerprint density at radius 1 is 1.36 bits per heavy atom. The summed E-state index contributed by atoms with van der Waals surface area (Å²) in [6, 6.07) is 0. The first-order valence-electron chi connectivity index (χ1n) is 5.99. The smallest absolute Gasteiger partial charge is 0.104 e. The summed E-state index contributed by atoms with van der Waals surface area (Å²) < 4.78 is 11.0. The lowest BCUT2D eigenvalue weighted by Gasteiger charge is -2.31. The highest BCUT2D eigenvalue weighted by Gasteiger charge is 2.28. The van der Waals surface area contributed by atoms with Crippen molar-refractivity contribution in [3.05, 3.63) is 0 Å². The number of epoxide rings is 1. The molecule has 1 heterocycles. The highest BCUT2D eigenvalue weighted by atomic mass is 16.6. The average molecular weight is 198 g/mol. The summed E-state index contributed by atoms with van der Waals surface area (Å²) in [5.41, 5.74) is 0. The van der Waals surface area contributed by atoms with Gasteiger partial charge in [0.1, 0.15) is 6.10 Å². The highest BCUT2D eigenvalue weighted by Crippen LogP contribution is 2.31. The first-order valence-corrected chi connectivity index (χ1v) is 5.99. The van der Waals surface area contributed by atoms with E-state index in [1.54, 1.807) is 0 Å². The molecule has 0 amide bonds. The van der Waals surface area contributed by atoms with E-state index in [0.717, 1.165) is 25.0 Å². The van der Waals surface area contributed by atoms with E-state index in [9.17, 15) is 0 Å². The molecule has 0 aromatic rings. The van der Waals surface area contributed by atoms with E-state index in [2.05, 4.69) is 13.8 Å². The van der Waals surface area contributed by atoms with Crippen LogP contribution in [0.1, 0.15) is 39.5 Å². The number of rotatable bonds is 4. The van der Waals surface area contributed by atoms with Crippen LogP contribution in [0.25, 0.3) is 0 Å². The van der Waals surface area contributed by atoms with Crippen LogP contribution in [0.5, 0.6) is 0 Å². The third kappa shape index (κ3) is 2.96. The Kier molecular flexibility index (Phi) is 3.45. The molecule has 1 aliphatic carbocycles. The first-order chi connectivity index (χ1) is 6.75. The van der Waals surface area contributed by atoms with Crippen LogP contribution in [0.15, 0.2) is 0 Å². The minimum absolute atomic E-state index is 0.425. The second-order valence-electron chi connectivity index (χ2n) is 5.08. The van der Waals surface area contributed by atoms with Crippen molar-refractivity contribution in [2.45, 2.75) is 51.7 Å². The molecule has 0 radical (unpaired) electrons. The van der Waals surface area contributed by atoms with Gasteiger partial charge >= 0.3 is 0 Å². The lowest BCUT2D eigenvalue weighted by molar-refractivity contribution is -0.000851. The van der Waals surface area contributed by atoms with Crippen molar-refractivity contribution in [3.8, 4) is 0 Å². The Morgan fingerprint density at radius 3 is 2.79 bits per heavy atom. The summed E-state index contributed by atoms with van der Waals surface area (Å²) in [5.74, 6) is 1.70. The number of hydrogen-bond acceptors (Lipinski definition) is 2. The maximum absolute atomic E-state index is 5.86. The van der Waals surface area contributed by atoms with Crippen LogP contribution in [0.3, 0.4) is 0 Å².